The molecule has 0 aliphatic carbocycles. The second kappa shape index (κ2) is 6.38. The molecule has 0 unspecified atom stereocenters. The Morgan fingerprint density at radius 1 is 1.44 bits per heavy atom. The van der Waals surface area contributed by atoms with E-state index < -0.39 is 12.8 Å². The number of alkyl halides is 3. The second-order valence-corrected chi connectivity index (χ2v) is 4.78. The summed E-state index contributed by atoms with van der Waals surface area (Å²) in [5, 5.41) is 0. The first kappa shape index (κ1) is 15.2. The van der Waals surface area contributed by atoms with Gasteiger partial charge in [-0.25, -0.2) is 0 Å². The van der Waals surface area contributed by atoms with Gasteiger partial charge < -0.3 is 9.30 Å². The highest BCUT2D eigenvalue weighted by Crippen LogP contribution is 2.14. The molecular formula is C11H13BrF3NO2. The Kier molecular flexibility index (Phi) is 5.40. The Hall–Kier alpha value is -0.820. The molecule has 0 aromatic carbocycles. The van der Waals surface area contributed by atoms with E-state index in [0.29, 0.717) is 18.5 Å². The number of ether oxygens (including phenoxy) is 1. The van der Waals surface area contributed by atoms with Crippen LogP contribution in [-0.2, 0) is 11.3 Å². The highest BCUT2D eigenvalue weighted by Gasteiger charge is 2.27. The van der Waals surface area contributed by atoms with E-state index in [1.54, 1.807) is 19.2 Å². The van der Waals surface area contributed by atoms with Crippen LogP contribution in [0, 0.1) is 6.92 Å². The van der Waals surface area contributed by atoms with Crippen LogP contribution in [0.4, 0.5) is 13.2 Å². The van der Waals surface area contributed by atoms with Gasteiger partial charge in [-0.15, -0.1) is 0 Å². The molecule has 102 valence electrons. The van der Waals surface area contributed by atoms with Crippen LogP contribution in [0.1, 0.15) is 12.0 Å². The fourth-order valence-corrected chi connectivity index (χ4v) is 2.02. The van der Waals surface area contributed by atoms with E-state index in [1.165, 1.54) is 4.57 Å². The van der Waals surface area contributed by atoms with Crippen molar-refractivity contribution in [2.45, 2.75) is 26.1 Å². The van der Waals surface area contributed by atoms with E-state index >= 15 is 0 Å². The lowest BCUT2D eigenvalue weighted by Crippen LogP contribution is -2.23. The van der Waals surface area contributed by atoms with Crippen molar-refractivity contribution in [3.8, 4) is 0 Å². The SMILES string of the molecule is Cc1cc(Br)cn(CCCOCC(F)(F)F)c1=O. The average molecular weight is 328 g/mol. The summed E-state index contributed by atoms with van der Waals surface area (Å²) in [7, 11) is 0. The third kappa shape index (κ3) is 5.22. The Labute approximate surface area is 111 Å². The molecule has 0 aliphatic heterocycles. The van der Waals surface area contributed by atoms with Gasteiger partial charge in [-0.3, -0.25) is 4.79 Å². The van der Waals surface area contributed by atoms with Gasteiger partial charge in [0, 0.05) is 29.4 Å². The lowest BCUT2D eigenvalue weighted by molar-refractivity contribution is -0.174. The van der Waals surface area contributed by atoms with Gasteiger partial charge in [-0.2, -0.15) is 13.2 Å². The number of aromatic nitrogens is 1. The van der Waals surface area contributed by atoms with Gasteiger partial charge in [0.2, 0.25) is 0 Å². The van der Waals surface area contributed by atoms with Crippen LogP contribution in [0.15, 0.2) is 21.5 Å². The summed E-state index contributed by atoms with van der Waals surface area (Å²) in [6.45, 7) is 0.734. The van der Waals surface area contributed by atoms with E-state index in [2.05, 4.69) is 20.7 Å². The third-order valence-corrected chi connectivity index (χ3v) is 2.62. The molecule has 1 aromatic heterocycles. The topological polar surface area (TPSA) is 31.2 Å². The largest absolute Gasteiger partial charge is 0.411 e. The highest BCUT2D eigenvalue weighted by atomic mass is 79.9. The normalized spacial score (nSPS) is 11.8. The lowest BCUT2D eigenvalue weighted by atomic mass is 10.3. The minimum absolute atomic E-state index is 0.0302. The van der Waals surface area contributed by atoms with Gasteiger partial charge in [0.25, 0.3) is 5.56 Å². The van der Waals surface area contributed by atoms with Crippen LogP contribution in [0.2, 0.25) is 0 Å². The van der Waals surface area contributed by atoms with Crippen molar-refractivity contribution in [2.75, 3.05) is 13.2 Å². The number of hydrogen-bond acceptors (Lipinski definition) is 2. The molecule has 0 atom stereocenters. The van der Waals surface area contributed by atoms with Crippen molar-refractivity contribution < 1.29 is 17.9 Å². The van der Waals surface area contributed by atoms with Crippen LogP contribution < -0.4 is 5.56 Å². The minimum Gasteiger partial charge on any atom is -0.372 e. The Morgan fingerprint density at radius 3 is 2.72 bits per heavy atom. The van der Waals surface area contributed by atoms with Crippen LogP contribution >= 0.6 is 15.9 Å². The zero-order valence-electron chi connectivity index (χ0n) is 9.76. The number of aryl methyl sites for hydroxylation is 2. The average Bonchev–Trinajstić information content (AvgIpc) is 2.22. The van der Waals surface area contributed by atoms with E-state index in [0.717, 1.165) is 4.47 Å². The molecule has 0 spiro atoms. The molecule has 1 aromatic rings. The summed E-state index contributed by atoms with van der Waals surface area (Å²) < 4.78 is 42.1. The van der Waals surface area contributed by atoms with Crippen molar-refractivity contribution in [3.63, 3.8) is 0 Å². The molecule has 0 N–H and O–H groups in total. The molecule has 7 heteroatoms. The number of halogens is 4. The smallest absolute Gasteiger partial charge is 0.372 e. The number of pyridine rings is 1. The van der Waals surface area contributed by atoms with Gasteiger partial charge in [0.15, 0.2) is 0 Å². The van der Waals surface area contributed by atoms with E-state index in [9.17, 15) is 18.0 Å². The van der Waals surface area contributed by atoms with Crippen LogP contribution in [0.25, 0.3) is 0 Å². The summed E-state index contributed by atoms with van der Waals surface area (Å²) >= 11 is 3.26. The molecule has 0 aliphatic rings. The van der Waals surface area contributed by atoms with Crippen LogP contribution in [0.5, 0.6) is 0 Å². The van der Waals surface area contributed by atoms with Gasteiger partial charge in [0.05, 0.1) is 0 Å². The fraction of sp³-hybridized carbons (Fsp3) is 0.545. The molecular weight excluding hydrogens is 315 g/mol. The Bertz CT molecular complexity index is 457. The summed E-state index contributed by atoms with van der Waals surface area (Å²) in [6, 6.07) is 1.69. The summed E-state index contributed by atoms with van der Waals surface area (Å²) in [6.07, 6.45) is -2.34. The molecule has 0 radical (unpaired) electrons. The molecule has 0 fully saturated rings. The molecule has 1 heterocycles. The molecule has 1 rings (SSSR count). The van der Waals surface area contributed by atoms with Crippen LogP contribution in [-0.4, -0.2) is 24.0 Å². The first-order valence-electron chi connectivity index (χ1n) is 5.31. The van der Waals surface area contributed by atoms with Crippen molar-refractivity contribution in [3.05, 3.63) is 32.7 Å². The van der Waals surface area contributed by atoms with Crippen LogP contribution in [0.3, 0.4) is 0 Å². The molecule has 0 saturated heterocycles. The molecule has 0 amide bonds. The quantitative estimate of drug-likeness (QED) is 0.779. The summed E-state index contributed by atoms with van der Waals surface area (Å²) in [5.74, 6) is 0. The zero-order chi connectivity index (χ0) is 13.8. The zero-order valence-corrected chi connectivity index (χ0v) is 11.3. The summed E-state index contributed by atoms with van der Waals surface area (Å²) in [4.78, 5) is 11.7. The summed E-state index contributed by atoms with van der Waals surface area (Å²) in [5.41, 5.74) is 0.439. The predicted molar refractivity (Wildman–Crippen MR) is 64.6 cm³/mol. The first-order valence-corrected chi connectivity index (χ1v) is 6.10. The predicted octanol–water partition coefficient (Wildman–Crippen LogP) is 2.89. The van der Waals surface area contributed by atoms with E-state index in [1.807, 2.05) is 0 Å². The monoisotopic (exact) mass is 327 g/mol. The van der Waals surface area contributed by atoms with Gasteiger partial charge in [-0.1, -0.05) is 0 Å². The van der Waals surface area contributed by atoms with Crippen molar-refractivity contribution in [2.24, 2.45) is 0 Å². The molecule has 18 heavy (non-hydrogen) atoms. The maximum absolute atomic E-state index is 11.8. The van der Waals surface area contributed by atoms with Gasteiger partial charge in [-0.05, 0) is 35.3 Å². The van der Waals surface area contributed by atoms with Crippen molar-refractivity contribution in [1.29, 1.82) is 0 Å². The van der Waals surface area contributed by atoms with Crippen molar-refractivity contribution >= 4 is 15.9 Å². The maximum Gasteiger partial charge on any atom is 0.411 e. The van der Waals surface area contributed by atoms with Gasteiger partial charge in [0.1, 0.15) is 6.61 Å². The number of rotatable bonds is 5. The number of nitrogens with zero attached hydrogens (tertiary/aromatic N) is 1. The first-order chi connectivity index (χ1) is 8.29. The highest BCUT2D eigenvalue weighted by molar-refractivity contribution is 9.10. The maximum atomic E-state index is 11.8. The number of hydrogen-bond donors (Lipinski definition) is 0. The minimum atomic E-state index is -4.30. The Morgan fingerprint density at radius 2 is 2.11 bits per heavy atom. The molecule has 0 bridgehead atoms. The van der Waals surface area contributed by atoms with Gasteiger partial charge >= 0.3 is 6.18 Å². The van der Waals surface area contributed by atoms with E-state index in [-0.39, 0.29) is 12.2 Å². The molecule has 3 nitrogen and oxygen atoms in total. The lowest BCUT2D eigenvalue weighted by Gasteiger charge is -2.09. The van der Waals surface area contributed by atoms with E-state index in [4.69, 9.17) is 0 Å². The standard InChI is InChI=1S/C11H13BrF3NO2/c1-8-5-9(12)6-16(10(8)17)3-2-4-18-7-11(13,14)15/h5-6H,2-4,7H2,1H3. The third-order valence-electron chi connectivity index (χ3n) is 2.19. The fourth-order valence-electron chi connectivity index (χ4n) is 1.43. The molecule has 0 saturated carbocycles. The van der Waals surface area contributed by atoms with Crippen molar-refractivity contribution in [1.82, 2.24) is 4.57 Å². The second-order valence-electron chi connectivity index (χ2n) is 3.86. The Balaban J connectivity index is 2.43.